The number of hydrogen-bond acceptors (Lipinski definition) is 6. The minimum atomic E-state index is -4.95. The fourth-order valence-corrected chi connectivity index (χ4v) is 2.90. The van der Waals surface area contributed by atoms with Crippen LogP contribution < -0.4 is 10.1 Å². The molecule has 0 amide bonds. The molecule has 0 bridgehead atoms. The lowest BCUT2D eigenvalue weighted by Crippen LogP contribution is -2.42. The normalized spacial score (nSPS) is 15.7. The van der Waals surface area contributed by atoms with Crippen molar-refractivity contribution in [1.29, 1.82) is 0 Å². The van der Waals surface area contributed by atoms with Crippen molar-refractivity contribution in [1.82, 2.24) is 0 Å². The molecule has 0 spiro atoms. The number of nitrogens with one attached hydrogen (secondary N) is 1. The highest BCUT2D eigenvalue weighted by Crippen LogP contribution is 2.38. The molecule has 0 unspecified atom stereocenters. The summed E-state index contributed by atoms with van der Waals surface area (Å²) in [6.45, 7) is 2.72. The maximum absolute atomic E-state index is 14.2. The Hall–Kier alpha value is -3.15. The van der Waals surface area contributed by atoms with Crippen molar-refractivity contribution in [3.8, 4) is 11.5 Å². The molecular weight excluding hydrogens is 509 g/mol. The molecule has 0 aliphatic carbocycles. The summed E-state index contributed by atoms with van der Waals surface area (Å²) in [5.74, 6) is -7.87. The van der Waals surface area contributed by atoms with E-state index in [1.807, 2.05) is 0 Å². The van der Waals surface area contributed by atoms with Gasteiger partial charge in [-0.25, -0.2) is 18.4 Å². The number of hydrogen-bond donors (Lipinski definition) is 1. The molecule has 1 aliphatic heterocycles. The molecule has 1 aliphatic rings. The van der Waals surface area contributed by atoms with Gasteiger partial charge in [-0.2, -0.15) is 13.2 Å². The maximum atomic E-state index is 14.2. The summed E-state index contributed by atoms with van der Waals surface area (Å²) in [5.41, 5.74) is -2.00. The van der Waals surface area contributed by atoms with E-state index in [1.165, 1.54) is 32.0 Å². The molecule has 0 atom stereocenters. The largest absolute Gasteiger partial charge is 0.449 e. The van der Waals surface area contributed by atoms with Gasteiger partial charge in [0, 0.05) is 24.5 Å². The van der Waals surface area contributed by atoms with Gasteiger partial charge >= 0.3 is 18.1 Å². The first kappa shape index (κ1) is 23.5. The molecule has 0 radical (unpaired) electrons. The predicted molar refractivity (Wildman–Crippen MR) is 104 cm³/mol. The molecule has 1 saturated heterocycles. The Morgan fingerprint density at radius 3 is 2.12 bits per heavy atom. The quantitative estimate of drug-likeness (QED) is 0.242. The molecule has 170 valence electrons. The SMILES string of the molecule is CC1(C)OC(=O)C(=CNc2ccc(Br)cc2Oc2c(F)cc(C(F)(F)F)cc2F)C(=O)O1. The zero-order valence-electron chi connectivity index (χ0n) is 16.3. The standard InChI is InChI=1S/C20H13BrF5NO5/c1-19(2)31-17(28)11(18(29)32-19)8-27-14-4-3-10(21)7-15(14)30-16-12(22)5-9(6-13(16)23)20(24,25)26/h3-8,27H,1-2H3. The topological polar surface area (TPSA) is 73.9 Å². The fourth-order valence-electron chi connectivity index (χ4n) is 2.56. The third kappa shape index (κ3) is 5.18. The van der Waals surface area contributed by atoms with E-state index < -0.39 is 52.4 Å². The lowest BCUT2D eigenvalue weighted by Gasteiger charge is -2.29. The Morgan fingerprint density at radius 1 is 1.03 bits per heavy atom. The van der Waals surface area contributed by atoms with E-state index in [4.69, 9.17) is 14.2 Å². The maximum Gasteiger partial charge on any atom is 0.416 e. The number of benzene rings is 2. The van der Waals surface area contributed by atoms with Crippen molar-refractivity contribution >= 4 is 33.6 Å². The minimum absolute atomic E-state index is 0.0184. The molecule has 0 saturated carbocycles. The molecule has 2 aromatic carbocycles. The second-order valence-corrected chi connectivity index (χ2v) is 7.81. The zero-order valence-corrected chi connectivity index (χ0v) is 17.9. The van der Waals surface area contributed by atoms with Gasteiger partial charge in [-0.3, -0.25) is 0 Å². The molecule has 1 N–H and O–H groups in total. The Bertz CT molecular complexity index is 1080. The summed E-state index contributed by atoms with van der Waals surface area (Å²) < 4.78 is 82.0. The summed E-state index contributed by atoms with van der Waals surface area (Å²) >= 11 is 3.14. The highest BCUT2D eigenvalue weighted by molar-refractivity contribution is 9.10. The van der Waals surface area contributed by atoms with E-state index in [0.29, 0.717) is 4.47 Å². The highest BCUT2D eigenvalue weighted by atomic mass is 79.9. The molecule has 32 heavy (non-hydrogen) atoms. The van der Waals surface area contributed by atoms with Crippen molar-refractivity contribution in [3.63, 3.8) is 0 Å². The van der Waals surface area contributed by atoms with Gasteiger partial charge in [0.1, 0.15) is 0 Å². The summed E-state index contributed by atoms with van der Waals surface area (Å²) in [6, 6.07) is 4.31. The Morgan fingerprint density at radius 2 is 1.59 bits per heavy atom. The second kappa shape index (κ2) is 8.41. The van der Waals surface area contributed by atoms with Crippen molar-refractivity contribution in [2.45, 2.75) is 25.8 Å². The first-order valence-corrected chi connectivity index (χ1v) is 9.53. The molecule has 3 rings (SSSR count). The van der Waals surface area contributed by atoms with Crippen LogP contribution in [0, 0.1) is 11.6 Å². The van der Waals surface area contributed by atoms with Gasteiger partial charge in [-0.15, -0.1) is 0 Å². The number of anilines is 1. The number of rotatable bonds is 4. The summed E-state index contributed by atoms with van der Waals surface area (Å²) in [5, 5.41) is 2.56. The van der Waals surface area contributed by atoms with Crippen LogP contribution >= 0.6 is 15.9 Å². The monoisotopic (exact) mass is 521 g/mol. The van der Waals surface area contributed by atoms with Gasteiger partial charge in [-0.05, 0) is 30.3 Å². The van der Waals surface area contributed by atoms with Crippen LogP contribution in [-0.2, 0) is 25.2 Å². The van der Waals surface area contributed by atoms with Crippen LogP contribution in [-0.4, -0.2) is 17.7 Å². The first-order chi connectivity index (χ1) is 14.8. The number of halogens is 6. The lowest BCUT2D eigenvalue weighted by atomic mass is 10.2. The van der Waals surface area contributed by atoms with Crippen molar-refractivity contribution in [2.24, 2.45) is 0 Å². The van der Waals surface area contributed by atoms with Gasteiger partial charge in [0.15, 0.2) is 28.7 Å². The number of cyclic esters (lactones) is 2. The van der Waals surface area contributed by atoms with Crippen LogP contribution in [0.1, 0.15) is 19.4 Å². The molecule has 1 heterocycles. The zero-order chi connectivity index (χ0) is 23.8. The molecule has 2 aromatic rings. The molecule has 12 heteroatoms. The number of alkyl halides is 3. The summed E-state index contributed by atoms with van der Waals surface area (Å²) in [4.78, 5) is 24.0. The first-order valence-electron chi connectivity index (χ1n) is 8.74. The van der Waals surface area contributed by atoms with E-state index in [9.17, 15) is 31.5 Å². The van der Waals surface area contributed by atoms with Gasteiger partial charge in [0.25, 0.3) is 5.79 Å². The van der Waals surface area contributed by atoms with E-state index >= 15 is 0 Å². The van der Waals surface area contributed by atoms with Gasteiger partial charge in [0.05, 0.1) is 11.3 Å². The van der Waals surface area contributed by atoms with Crippen molar-refractivity contribution < 1.29 is 45.8 Å². The predicted octanol–water partition coefficient (Wildman–Crippen LogP) is 5.67. The average molecular weight is 522 g/mol. The van der Waals surface area contributed by atoms with E-state index in [2.05, 4.69) is 21.2 Å². The minimum Gasteiger partial charge on any atom is -0.449 e. The summed E-state index contributed by atoms with van der Waals surface area (Å²) in [6.07, 6.45) is -4.01. The third-order valence-corrected chi connectivity index (χ3v) is 4.46. The molecule has 6 nitrogen and oxygen atoms in total. The second-order valence-electron chi connectivity index (χ2n) is 6.89. The highest BCUT2D eigenvalue weighted by Gasteiger charge is 2.39. The number of esters is 2. The number of carbonyl (C=O) groups excluding carboxylic acids is 2. The van der Waals surface area contributed by atoms with Crippen molar-refractivity contribution in [3.05, 3.63) is 63.8 Å². The van der Waals surface area contributed by atoms with E-state index in [0.717, 1.165) is 6.20 Å². The van der Waals surface area contributed by atoms with Crippen LogP contribution in [0.3, 0.4) is 0 Å². The third-order valence-electron chi connectivity index (χ3n) is 3.97. The van der Waals surface area contributed by atoms with E-state index in [-0.39, 0.29) is 23.6 Å². The molecule has 1 fully saturated rings. The Balaban J connectivity index is 1.92. The number of carbonyl (C=O) groups is 2. The number of ether oxygens (including phenoxy) is 3. The van der Waals surface area contributed by atoms with Crippen LogP contribution in [0.25, 0.3) is 0 Å². The van der Waals surface area contributed by atoms with Crippen LogP contribution in [0.5, 0.6) is 11.5 Å². The van der Waals surface area contributed by atoms with Crippen LogP contribution in [0.2, 0.25) is 0 Å². The Kier molecular flexibility index (Phi) is 6.18. The van der Waals surface area contributed by atoms with Crippen LogP contribution in [0.4, 0.5) is 27.6 Å². The van der Waals surface area contributed by atoms with Gasteiger partial charge in [0.2, 0.25) is 0 Å². The molecule has 0 aromatic heterocycles. The fraction of sp³-hybridized carbons (Fsp3) is 0.200. The van der Waals surface area contributed by atoms with E-state index in [1.54, 1.807) is 0 Å². The Labute approximate surface area is 186 Å². The van der Waals surface area contributed by atoms with Crippen molar-refractivity contribution in [2.75, 3.05) is 5.32 Å². The lowest BCUT2D eigenvalue weighted by molar-refractivity contribution is -0.222. The smallest absolute Gasteiger partial charge is 0.416 e. The van der Waals surface area contributed by atoms with Crippen LogP contribution in [0.15, 0.2) is 46.6 Å². The summed E-state index contributed by atoms with van der Waals surface area (Å²) in [7, 11) is 0. The average Bonchev–Trinajstić information content (AvgIpc) is 2.63. The van der Waals surface area contributed by atoms with Gasteiger partial charge < -0.3 is 19.5 Å². The molecular formula is C20H13BrF5NO5. The van der Waals surface area contributed by atoms with Gasteiger partial charge in [-0.1, -0.05) is 15.9 Å².